The number of hydrogen-bond donors (Lipinski definition) is 3. The molecule has 20 aliphatic rings. The second kappa shape index (κ2) is 45.3. The number of ether oxygens (including phenoxy) is 4. The van der Waals surface area contributed by atoms with Crippen molar-refractivity contribution >= 4 is 17.3 Å². The number of fused-ring (bicyclic) bond motifs is 25. The number of carbonyl (C=O) groups is 3. The average molecular weight is 2020 g/mol. The molecule has 15 nitrogen and oxygen atoms in total. The number of allylic oxidation sites excluding steroid dienone is 2. The maximum Gasteiger partial charge on any atom is 1.00 e. The Morgan fingerprint density at radius 1 is 0.328 bits per heavy atom. The summed E-state index contributed by atoms with van der Waals surface area (Å²) in [5.74, 6) is 14.8. The van der Waals surface area contributed by atoms with E-state index in [0.29, 0.717) is 105 Å². The Morgan fingerprint density at radius 2 is 0.706 bits per heavy atom. The second-order valence-corrected chi connectivity index (χ2v) is 44.2. The first-order chi connectivity index (χ1) is 51.9. The number of rotatable bonds is 4. The molecular formula is C99H158O15Rb5-5. The zero-order valence-electron chi connectivity index (χ0n) is 77.5. The van der Waals surface area contributed by atoms with Gasteiger partial charge in [0.2, 0.25) is 0 Å². The average Bonchev–Trinajstić information content (AvgIpc) is 1.73. The van der Waals surface area contributed by atoms with Crippen LogP contribution in [0.2, 0.25) is 0 Å². The molecule has 0 aromatic carbocycles. The fourth-order valence-corrected chi connectivity index (χ4v) is 34.8. The maximum absolute atomic E-state index is 12.4. The van der Waals surface area contributed by atoms with Gasteiger partial charge < -0.3 is 96.3 Å². The van der Waals surface area contributed by atoms with Crippen LogP contribution in [0.5, 0.6) is 0 Å². The minimum atomic E-state index is -0.129. The van der Waals surface area contributed by atoms with Crippen LogP contribution in [0.25, 0.3) is 0 Å². The number of ketones is 3. The summed E-state index contributed by atoms with van der Waals surface area (Å²) in [7, 11) is 7.60. The number of methoxy groups -OCH3 is 4. The van der Waals surface area contributed by atoms with E-state index in [4.69, 9.17) is 53.6 Å². The number of hydrogen-bond acceptors (Lipinski definition) is 15. The van der Waals surface area contributed by atoms with Gasteiger partial charge in [0.1, 0.15) is 11.6 Å². The van der Waals surface area contributed by atoms with Crippen molar-refractivity contribution in [3.05, 3.63) is 57.9 Å². The van der Waals surface area contributed by atoms with Crippen LogP contribution in [0.3, 0.4) is 0 Å². The number of aliphatic hydroxyl groups is 3. The Morgan fingerprint density at radius 3 is 1.16 bits per heavy atom. The van der Waals surface area contributed by atoms with Crippen LogP contribution in [-0.4, -0.2) is 131 Å². The molecule has 0 radical (unpaired) electrons. The Kier molecular flexibility index (Phi) is 43.7. The van der Waals surface area contributed by atoms with Gasteiger partial charge in [-0.2, -0.15) is 16.2 Å². The van der Waals surface area contributed by atoms with E-state index < -0.39 is 0 Å². The third-order valence-electron chi connectivity index (χ3n) is 40.8. The zero-order valence-corrected chi connectivity index (χ0v) is 102. The molecule has 20 heteroatoms. The maximum atomic E-state index is 12.4. The predicted octanol–water partition coefficient (Wildman–Crippen LogP) is 5.04. The largest absolute Gasteiger partial charge is 1.00 e. The van der Waals surface area contributed by atoms with Gasteiger partial charge in [0, 0.05) is 59.5 Å². The molecule has 0 bridgehead atoms. The SMILES string of the molecule is [CH2-][C@]12CCC(=O)C=C1CC[C@H]1[C@@H]3CC[C@H](OC)[C@@]3(C)CC[C@@H]12.[CH2-][C@]12CCC(=O)C[C@@H]1CC[C@@H]1[C@@H]2CC[C@]2(C)[C@@H](OC)CC[C@@H]12.[CH2-][C@]12CC[C@H](O)CC1=CC[C@H]1[C@@H]3CC[C@H](OC)[C@@]3(C)CC[C@@H]12.[CH2-][C@]12CC[C@H](O)C[C@@H]1CC[C@@H]1[C@@H]2CC[C@]2(C)C(=O)CC[C@@H]12.[CH2-][C@]12CC[C@H](O)C[C@@H]1CC[C@@H]1[C@@H]2CC[C@]2(C)[C@@H](OC)CC[C@@H]12.[OH-].[OH-].[OH-].[OH-].[OH-].[Rb+].[Rb+].[Rb+].[Rb+].[Rb+]. The van der Waals surface area contributed by atoms with Gasteiger partial charge >= 0.3 is 291 Å². The van der Waals surface area contributed by atoms with E-state index in [1.54, 1.807) is 0 Å². The standard InChI is InChI=1S/C20H33O2.2C20H31O2.C20H29O2.C19H29O2.5H2O.5Rb/c4*1-19-10-8-14(21)12-13(19)4-5-15-16-6-7-18(22-3)20(16,2)11-9-17(15)19;1-18-9-7-13(20)11-12(18)3-4-14-15-5-6-17(21)19(15,2)10-8-16(14)18;;;;;;;;;;/h13-18,21H,1,4-12H2,2-3H3;13,15-18H,1,4-12H2,2-3H3;4,14-18,21H,1,5-12H2,2-3H3;12,15-18H,1,4-11H2,2-3H3;12-16,20H,1,3-11H2,2H3;5*1H2;;;;;/q5*-1;;;;;;5*+1/p-5/t13-,14-,15-,16-,17-,18-,19-,20-;13-,15-,16-,17-,18-,19-,20-;14-,15-,16-,17-,18-,19-,20-;15-,16-,17-,18-,19-,20-;12-,13-,14-,15-,16-,18-,19-;;;;;;;;;;/m00000........../s1. The van der Waals surface area contributed by atoms with E-state index in [-0.39, 0.29) is 369 Å². The molecule has 8 N–H and O–H groups in total. The molecule has 18 fully saturated rings. The molecule has 119 heavy (non-hydrogen) atoms. The summed E-state index contributed by atoms with van der Waals surface area (Å²) in [4.78, 5) is 36.1. The Balaban J connectivity index is 0.000000226. The summed E-state index contributed by atoms with van der Waals surface area (Å²) in [6.07, 6.45) is 55.6. The Hall–Kier alpha value is 7.04. The second-order valence-electron chi connectivity index (χ2n) is 44.2. The van der Waals surface area contributed by atoms with Gasteiger partial charge in [-0.1, -0.05) is 183 Å². The minimum Gasteiger partial charge on any atom is -0.870 e. The van der Waals surface area contributed by atoms with Gasteiger partial charge in [0.25, 0.3) is 0 Å². The summed E-state index contributed by atoms with van der Waals surface area (Å²) in [5, 5.41) is 30.1. The van der Waals surface area contributed by atoms with Crippen LogP contribution < -0.4 is 291 Å². The molecule has 654 valence electrons. The summed E-state index contributed by atoms with van der Waals surface area (Å²) in [6, 6.07) is 0. The molecule has 0 aliphatic heterocycles. The summed E-state index contributed by atoms with van der Waals surface area (Å²) < 4.78 is 23.4. The molecular weight excluding hydrogens is 1860 g/mol. The fraction of sp³-hybridized carbons (Fsp3) is 0.879. The molecule has 0 unspecified atom stereocenters. The molecule has 18 saturated carbocycles. The van der Waals surface area contributed by atoms with Gasteiger partial charge in [0.05, 0.1) is 42.7 Å². The van der Waals surface area contributed by atoms with Gasteiger partial charge in [-0.3, -0.25) is 14.4 Å². The zero-order chi connectivity index (χ0) is 77.0. The molecule has 35 atom stereocenters. The van der Waals surface area contributed by atoms with Crippen LogP contribution in [0.1, 0.15) is 311 Å². The normalized spacial score (nSPS) is 50.2. The molecule has 0 aromatic rings. The van der Waals surface area contributed by atoms with Crippen LogP contribution in [0, 0.1) is 195 Å². The number of Topliss-reactive ketones (excluding diaryl/α,β-unsaturated/α-hetero) is 2. The van der Waals surface area contributed by atoms with Crippen LogP contribution >= 0.6 is 0 Å². The monoisotopic (exact) mass is 2010 g/mol. The molecule has 0 saturated heterocycles. The number of aliphatic hydroxyl groups excluding tert-OH is 3. The minimum absolute atomic E-state index is 0. The predicted molar refractivity (Wildman–Crippen MR) is 443 cm³/mol. The van der Waals surface area contributed by atoms with Crippen LogP contribution in [0.4, 0.5) is 0 Å². The molecule has 20 rings (SSSR count). The van der Waals surface area contributed by atoms with Crippen molar-refractivity contribution in [1.29, 1.82) is 0 Å². The van der Waals surface area contributed by atoms with Gasteiger partial charge in [-0.25, -0.2) is 0 Å². The van der Waals surface area contributed by atoms with Crippen molar-refractivity contribution in [3.8, 4) is 0 Å². The van der Waals surface area contributed by atoms with Crippen molar-refractivity contribution in [3.63, 3.8) is 0 Å². The van der Waals surface area contributed by atoms with E-state index in [1.165, 1.54) is 172 Å². The summed E-state index contributed by atoms with van der Waals surface area (Å²) in [6.45, 7) is 35.9. The molecule has 0 heterocycles. The van der Waals surface area contributed by atoms with Crippen molar-refractivity contribution in [2.45, 2.75) is 353 Å². The summed E-state index contributed by atoms with van der Waals surface area (Å²) in [5.41, 5.74) is 5.21. The first-order valence-corrected chi connectivity index (χ1v) is 46.3. The molecule has 20 aliphatic carbocycles. The van der Waals surface area contributed by atoms with E-state index in [9.17, 15) is 29.7 Å². The first kappa shape index (κ1) is 115. The quantitative estimate of drug-likeness (QED) is 0.245. The van der Waals surface area contributed by atoms with Crippen molar-refractivity contribution in [2.24, 2.45) is 161 Å². The molecule has 0 amide bonds. The smallest absolute Gasteiger partial charge is 0.870 e. The first-order valence-electron chi connectivity index (χ1n) is 46.3. The van der Waals surface area contributed by atoms with Crippen LogP contribution in [-0.2, 0) is 33.3 Å². The van der Waals surface area contributed by atoms with Gasteiger partial charge in [-0.05, 0) is 254 Å². The van der Waals surface area contributed by atoms with Crippen molar-refractivity contribution < 1.29 is 367 Å². The van der Waals surface area contributed by atoms with Crippen molar-refractivity contribution in [1.82, 2.24) is 0 Å². The topological polar surface area (TPSA) is 299 Å². The van der Waals surface area contributed by atoms with E-state index in [2.05, 4.69) is 40.7 Å². The van der Waals surface area contributed by atoms with E-state index >= 15 is 0 Å². The number of carbonyl (C=O) groups excluding carboxylic acids is 3. The van der Waals surface area contributed by atoms with Gasteiger partial charge in [0.15, 0.2) is 5.78 Å². The van der Waals surface area contributed by atoms with Crippen molar-refractivity contribution in [2.75, 3.05) is 28.4 Å². The van der Waals surface area contributed by atoms with E-state index in [0.717, 1.165) is 180 Å². The molecule has 0 spiro atoms. The van der Waals surface area contributed by atoms with E-state index in [1.807, 2.05) is 34.5 Å². The Labute approximate surface area is 966 Å². The Bertz CT molecular complexity index is 3420. The third kappa shape index (κ3) is 20.3. The third-order valence-corrected chi connectivity index (χ3v) is 40.8. The fourth-order valence-electron chi connectivity index (χ4n) is 34.8. The molecule has 0 aromatic heterocycles. The van der Waals surface area contributed by atoms with Gasteiger partial charge in [-0.15, -0.1) is 10.8 Å². The summed E-state index contributed by atoms with van der Waals surface area (Å²) >= 11 is 0. The van der Waals surface area contributed by atoms with Crippen LogP contribution in [0.15, 0.2) is 23.3 Å².